The highest BCUT2D eigenvalue weighted by Gasteiger charge is 2.33. The largest absolute Gasteiger partial charge is 0.316 e. The molecule has 106 valence electrons. The van der Waals surface area contributed by atoms with Crippen LogP contribution in [0.3, 0.4) is 0 Å². The van der Waals surface area contributed by atoms with Gasteiger partial charge in [0.15, 0.2) is 0 Å². The Morgan fingerprint density at radius 2 is 2.11 bits per heavy atom. The van der Waals surface area contributed by atoms with Crippen LogP contribution >= 0.6 is 0 Å². The second-order valence-electron chi connectivity index (χ2n) is 5.11. The summed E-state index contributed by atoms with van der Waals surface area (Å²) in [4.78, 5) is 0.118. The molecule has 19 heavy (non-hydrogen) atoms. The molecule has 2 N–H and O–H groups in total. The van der Waals surface area contributed by atoms with Gasteiger partial charge in [0.2, 0.25) is 10.0 Å². The smallest absolute Gasteiger partial charge is 0.240 e. The van der Waals surface area contributed by atoms with Gasteiger partial charge in [0, 0.05) is 18.7 Å². The van der Waals surface area contributed by atoms with Crippen LogP contribution in [0.4, 0.5) is 4.39 Å². The monoisotopic (exact) mass is 286 g/mol. The van der Waals surface area contributed by atoms with Gasteiger partial charge in [-0.15, -0.1) is 0 Å². The average Bonchev–Trinajstić information content (AvgIpc) is 3.06. The number of halogens is 1. The molecule has 0 saturated heterocycles. The molecule has 1 aliphatic carbocycles. The lowest BCUT2D eigenvalue weighted by Crippen LogP contribution is -2.26. The van der Waals surface area contributed by atoms with Gasteiger partial charge in [0.05, 0.1) is 4.90 Å². The van der Waals surface area contributed by atoms with Crippen LogP contribution < -0.4 is 10.0 Å². The van der Waals surface area contributed by atoms with Crippen LogP contribution in [0.5, 0.6) is 0 Å². The van der Waals surface area contributed by atoms with Crippen molar-refractivity contribution in [1.82, 2.24) is 10.0 Å². The van der Waals surface area contributed by atoms with Crippen LogP contribution in [0.25, 0.3) is 0 Å². The fourth-order valence-electron chi connectivity index (χ4n) is 2.03. The fraction of sp³-hybridized carbons (Fsp3) is 0.538. The van der Waals surface area contributed by atoms with Crippen molar-refractivity contribution in [2.45, 2.75) is 24.8 Å². The predicted octanol–water partition coefficient (Wildman–Crippen LogP) is 1.48. The second kappa shape index (κ2) is 5.56. The Kier molecular flexibility index (Phi) is 4.23. The zero-order valence-electron chi connectivity index (χ0n) is 11.1. The van der Waals surface area contributed by atoms with Crippen LogP contribution in [-0.2, 0) is 16.6 Å². The molecular weight excluding hydrogens is 267 g/mol. The molecule has 1 aliphatic rings. The van der Waals surface area contributed by atoms with E-state index in [0.717, 1.165) is 6.42 Å². The summed E-state index contributed by atoms with van der Waals surface area (Å²) in [5, 5.41) is 2.81. The molecule has 1 saturated carbocycles. The van der Waals surface area contributed by atoms with Crippen LogP contribution in [0, 0.1) is 17.7 Å². The summed E-state index contributed by atoms with van der Waals surface area (Å²) in [6.07, 6.45) is 1.07. The summed E-state index contributed by atoms with van der Waals surface area (Å²) in [5.74, 6) is 0.631. The molecule has 0 radical (unpaired) electrons. The van der Waals surface area contributed by atoms with Crippen molar-refractivity contribution < 1.29 is 12.8 Å². The molecule has 2 unspecified atom stereocenters. The van der Waals surface area contributed by atoms with E-state index in [9.17, 15) is 12.8 Å². The molecule has 2 rings (SSSR count). The third-order valence-electron chi connectivity index (χ3n) is 3.51. The average molecular weight is 286 g/mol. The van der Waals surface area contributed by atoms with E-state index in [4.69, 9.17) is 0 Å². The molecule has 0 aliphatic heterocycles. The Labute approximate surface area is 113 Å². The van der Waals surface area contributed by atoms with Gasteiger partial charge >= 0.3 is 0 Å². The molecule has 4 nitrogen and oxygen atoms in total. The van der Waals surface area contributed by atoms with Crippen molar-refractivity contribution in [3.05, 3.63) is 29.6 Å². The Bertz CT molecular complexity index is 560. The topological polar surface area (TPSA) is 58.2 Å². The van der Waals surface area contributed by atoms with Crippen LogP contribution in [0.2, 0.25) is 0 Å². The number of nitrogens with one attached hydrogen (secondary N) is 2. The first kappa shape index (κ1) is 14.4. The van der Waals surface area contributed by atoms with Crippen molar-refractivity contribution in [2.24, 2.45) is 11.8 Å². The molecule has 6 heteroatoms. The number of hydrogen-bond acceptors (Lipinski definition) is 3. The van der Waals surface area contributed by atoms with Crippen molar-refractivity contribution in [3.8, 4) is 0 Å². The number of rotatable bonds is 6. The summed E-state index contributed by atoms with van der Waals surface area (Å²) in [6, 6.07) is 3.87. The maximum atomic E-state index is 13.5. The normalized spacial score (nSPS) is 22.5. The summed E-state index contributed by atoms with van der Waals surface area (Å²) in [7, 11) is -1.85. The highest BCUT2D eigenvalue weighted by Crippen LogP contribution is 2.37. The molecule has 1 aromatic rings. The molecular formula is C13H19FN2O2S. The van der Waals surface area contributed by atoms with Gasteiger partial charge in [-0.05, 0) is 43.5 Å². The minimum Gasteiger partial charge on any atom is -0.316 e. The number of benzene rings is 1. The van der Waals surface area contributed by atoms with Gasteiger partial charge in [0.1, 0.15) is 5.82 Å². The van der Waals surface area contributed by atoms with Gasteiger partial charge in [-0.1, -0.05) is 6.92 Å². The Hall–Kier alpha value is -0.980. The highest BCUT2D eigenvalue weighted by molar-refractivity contribution is 7.89. The molecule has 0 bridgehead atoms. The van der Waals surface area contributed by atoms with Crippen molar-refractivity contribution in [2.75, 3.05) is 13.6 Å². The van der Waals surface area contributed by atoms with E-state index in [2.05, 4.69) is 17.0 Å². The maximum Gasteiger partial charge on any atom is 0.240 e. The van der Waals surface area contributed by atoms with Gasteiger partial charge in [-0.25, -0.2) is 17.5 Å². The standard InChI is InChI=1S/C13H19FN2O2S/c1-9-5-10(9)8-16-19(17,18)12-3-4-13(14)11(6-12)7-15-2/h3-4,6,9-10,15-16H,5,7-8H2,1-2H3. The van der Waals surface area contributed by atoms with E-state index in [-0.39, 0.29) is 4.90 Å². The first-order chi connectivity index (χ1) is 8.94. The Morgan fingerprint density at radius 1 is 1.42 bits per heavy atom. The molecule has 0 spiro atoms. The van der Waals surface area contributed by atoms with Crippen LogP contribution in [0.1, 0.15) is 18.9 Å². The van der Waals surface area contributed by atoms with E-state index in [1.165, 1.54) is 18.2 Å². The van der Waals surface area contributed by atoms with Crippen LogP contribution in [0.15, 0.2) is 23.1 Å². The van der Waals surface area contributed by atoms with Gasteiger partial charge in [-0.3, -0.25) is 0 Å². The van der Waals surface area contributed by atoms with Crippen LogP contribution in [-0.4, -0.2) is 22.0 Å². The SMILES string of the molecule is CNCc1cc(S(=O)(=O)NCC2CC2C)ccc1F. The predicted molar refractivity (Wildman–Crippen MR) is 71.6 cm³/mol. The van der Waals surface area contributed by atoms with Gasteiger partial charge in [0.25, 0.3) is 0 Å². The van der Waals surface area contributed by atoms with Gasteiger partial charge in [-0.2, -0.15) is 0 Å². The van der Waals surface area contributed by atoms with E-state index in [1.54, 1.807) is 7.05 Å². The second-order valence-corrected chi connectivity index (χ2v) is 6.88. The summed E-state index contributed by atoms with van der Waals surface area (Å²) < 4.78 is 40.2. The molecule has 0 heterocycles. The summed E-state index contributed by atoms with van der Waals surface area (Å²) in [5.41, 5.74) is 0.352. The van der Waals surface area contributed by atoms with E-state index >= 15 is 0 Å². The third kappa shape index (κ3) is 3.52. The number of sulfonamides is 1. The lowest BCUT2D eigenvalue weighted by Gasteiger charge is -2.09. The first-order valence-electron chi connectivity index (χ1n) is 6.36. The third-order valence-corrected chi connectivity index (χ3v) is 4.93. The molecule has 1 aromatic carbocycles. The molecule has 0 aromatic heterocycles. The summed E-state index contributed by atoms with van der Waals surface area (Å²) in [6.45, 7) is 2.86. The minimum atomic E-state index is -3.54. The Balaban J connectivity index is 2.12. The van der Waals surface area contributed by atoms with Crippen molar-refractivity contribution >= 4 is 10.0 Å². The van der Waals surface area contributed by atoms with Crippen molar-refractivity contribution in [3.63, 3.8) is 0 Å². The van der Waals surface area contributed by atoms with E-state index < -0.39 is 15.8 Å². The zero-order chi connectivity index (χ0) is 14.0. The fourth-order valence-corrected chi connectivity index (χ4v) is 3.17. The lowest BCUT2D eigenvalue weighted by molar-refractivity contribution is 0.572. The quantitative estimate of drug-likeness (QED) is 0.833. The Morgan fingerprint density at radius 3 is 2.68 bits per heavy atom. The summed E-state index contributed by atoms with van der Waals surface area (Å²) >= 11 is 0. The molecule has 2 atom stereocenters. The maximum absolute atomic E-state index is 13.5. The first-order valence-corrected chi connectivity index (χ1v) is 7.85. The van der Waals surface area contributed by atoms with Gasteiger partial charge < -0.3 is 5.32 Å². The zero-order valence-corrected chi connectivity index (χ0v) is 11.9. The molecule has 1 fully saturated rings. The van der Waals surface area contributed by atoms with E-state index in [1.807, 2.05) is 0 Å². The minimum absolute atomic E-state index is 0.118. The van der Waals surface area contributed by atoms with E-state index in [0.29, 0.717) is 30.5 Å². The number of hydrogen-bond donors (Lipinski definition) is 2. The highest BCUT2D eigenvalue weighted by atomic mass is 32.2. The molecule has 0 amide bonds. The lowest BCUT2D eigenvalue weighted by atomic mass is 10.2. The van der Waals surface area contributed by atoms with Crippen molar-refractivity contribution in [1.29, 1.82) is 0 Å².